The number of carboxylic acid groups (broad SMARTS) is 2. The second-order valence-corrected chi connectivity index (χ2v) is 9.65. The van der Waals surface area contributed by atoms with Gasteiger partial charge in [-0.1, -0.05) is 0 Å². The van der Waals surface area contributed by atoms with E-state index in [1.807, 2.05) is 37.2 Å². The topological polar surface area (TPSA) is 405 Å². The Morgan fingerprint density at radius 3 is 1.25 bits per heavy atom. The summed E-state index contributed by atoms with van der Waals surface area (Å²) < 4.78 is 0. The van der Waals surface area contributed by atoms with E-state index in [0.717, 1.165) is 0 Å². The van der Waals surface area contributed by atoms with Crippen molar-refractivity contribution in [3.05, 3.63) is 0 Å². The summed E-state index contributed by atoms with van der Waals surface area (Å²) in [5, 5.41) is 78.2. The number of hydrogen-bond acceptors (Lipinski definition) is 15. The van der Waals surface area contributed by atoms with E-state index in [1.54, 1.807) is 0 Å². The first kappa shape index (κ1) is 43.0. The van der Waals surface area contributed by atoms with Gasteiger partial charge < -0.3 is 78.7 Å². The minimum atomic E-state index is -1.79. The van der Waals surface area contributed by atoms with Crippen molar-refractivity contribution >= 4 is 53.3 Å². The first-order chi connectivity index (χ1) is 22.5. The Bertz CT molecular complexity index is 1170. The number of nitrogens with one attached hydrogen (secondary N) is 7. The van der Waals surface area contributed by atoms with E-state index in [1.165, 1.54) is 0 Å². The van der Waals surface area contributed by atoms with Crippen LogP contribution in [0.1, 0.15) is 12.8 Å². The van der Waals surface area contributed by atoms with Crippen LogP contribution in [0.5, 0.6) is 0 Å². The highest BCUT2D eigenvalue weighted by molar-refractivity contribution is 5.96. The highest BCUT2D eigenvalue weighted by Crippen LogP contribution is 2.01. The standard InChI is InChI=1S/C24H40N8O16/c25-10(5-33)19(42)31-13(7-35)21(44)27-3-16(38)28-12(6-34)20(43)26-4-17(39)29-14(8-36)23(46)30-11(1-2-18(40)41)22(45)32-15(9-37)24(47)48/h10-15,33-37H,1-9,25H2,(H,26,43)(H,27,44)(H,28,38)(H,29,39)(H,30,46)(H,31,42)(H,32,45)(H,40,41)(H,47,48)/t10-,11-,12-,13-,14-,15-/m0/s1. The number of carbonyl (C=O) groups excluding carboxylic acids is 7. The monoisotopic (exact) mass is 696 g/mol. The number of aliphatic hydroxyl groups is 5. The molecule has 24 nitrogen and oxygen atoms in total. The summed E-state index contributed by atoms with van der Waals surface area (Å²) in [5.74, 6) is -10.7. The van der Waals surface area contributed by atoms with Crippen LogP contribution >= 0.6 is 0 Å². The Morgan fingerprint density at radius 2 is 0.854 bits per heavy atom. The van der Waals surface area contributed by atoms with Crippen molar-refractivity contribution in [3.63, 3.8) is 0 Å². The average Bonchev–Trinajstić information content (AvgIpc) is 3.05. The molecule has 0 aromatic rings. The molecule has 0 aromatic carbocycles. The van der Waals surface area contributed by atoms with Crippen LogP contribution in [-0.2, 0) is 43.2 Å². The number of hydrogen-bond donors (Lipinski definition) is 15. The SMILES string of the molecule is N[C@@H](CO)C(=O)N[C@@H](CO)C(=O)NCC(=O)N[C@@H](CO)C(=O)NCC(=O)N[C@@H](CO)C(=O)N[C@@H](CCC(=O)O)C(=O)N[C@@H](CO)C(=O)O. The Hall–Kier alpha value is -5.01. The van der Waals surface area contributed by atoms with Gasteiger partial charge in [0.25, 0.3) is 0 Å². The van der Waals surface area contributed by atoms with Crippen LogP contribution in [0.3, 0.4) is 0 Å². The van der Waals surface area contributed by atoms with Gasteiger partial charge in [-0.3, -0.25) is 38.4 Å². The molecule has 0 aliphatic rings. The summed E-state index contributed by atoms with van der Waals surface area (Å²) >= 11 is 0. The van der Waals surface area contributed by atoms with Gasteiger partial charge in [0, 0.05) is 6.42 Å². The maximum Gasteiger partial charge on any atom is 0.328 e. The van der Waals surface area contributed by atoms with Crippen molar-refractivity contribution < 1.29 is 78.9 Å². The fourth-order valence-corrected chi connectivity index (χ4v) is 3.28. The number of rotatable bonds is 23. The summed E-state index contributed by atoms with van der Waals surface area (Å²) in [6, 6.07) is -9.85. The van der Waals surface area contributed by atoms with Gasteiger partial charge in [-0.05, 0) is 6.42 Å². The molecule has 0 saturated carbocycles. The number of nitrogens with two attached hydrogens (primary N) is 1. The minimum absolute atomic E-state index is 0.553. The fraction of sp³-hybridized carbons (Fsp3) is 0.625. The number of aliphatic carboxylic acids is 2. The van der Waals surface area contributed by atoms with E-state index in [2.05, 4.69) is 0 Å². The number of amides is 7. The van der Waals surface area contributed by atoms with Crippen LogP contribution in [0, 0.1) is 0 Å². The van der Waals surface area contributed by atoms with Crippen molar-refractivity contribution in [1.29, 1.82) is 0 Å². The lowest BCUT2D eigenvalue weighted by Crippen LogP contribution is -2.58. The molecule has 7 amide bonds. The molecular formula is C24H40N8O16. The van der Waals surface area contributed by atoms with Crippen LogP contribution in [0.2, 0.25) is 0 Å². The van der Waals surface area contributed by atoms with E-state index in [0.29, 0.717) is 0 Å². The summed E-state index contributed by atoms with van der Waals surface area (Å²) in [6.45, 7) is -6.45. The smallest absolute Gasteiger partial charge is 0.328 e. The molecule has 6 atom stereocenters. The summed E-state index contributed by atoms with van der Waals surface area (Å²) in [5.41, 5.74) is 5.29. The summed E-state index contributed by atoms with van der Waals surface area (Å²) in [6.07, 6.45) is -1.23. The third-order valence-corrected chi connectivity index (χ3v) is 5.94. The number of carboxylic acids is 2. The van der Waals surface area contributed by atoms with E-state index >= 15 is 0 Å². The van der Waals surface area contributed by atoms with Crippen LogP contribution in [-0.4, -0.2) is 171 Å². The predicted molar refractivity (Wildman–Crippen MR) is 154 cm³/mol. The minimum Gasteiger partial charge on any atom is -0.481 e. The normalized spacial score (nSPS) is 14.4. The van der Waals surface area contributed by atoms with Gasteiger partial charge in [-0.2, -0.15) is 0 Å². The molecule has 0 aliphatic carbocycles. The van der Waals surface area contributed by atoms with Crippen molar-refractivity contribution in [1.82, 2.24) is 37.2 Å². The van der Waals surface area contributed by atoms with Gasteiger partial charge in [0.2, 0.25) is 41.4 Å². The van der Waals surface area contributed by atoms with Crippen LogP contribution in [0.15, 0.2) is 0 Å². The molecule has 0 heterocycles. The molecule has 24 heteroatoms. The summed E-state index contributed by atoms with van der Waals surface area (Å²) in [4.78, 5) is 108. The van der Waals surface area contributed by atoms with E-state index in [-0.39, 0.29) is 0 Å². The maximum absolute atomic E-state index is 12.6. The molecule has 0 aliphatic heterocycles. The van der Waals surface area contributed by atoms with Crippen molar-refractivity contribution in [2.45, 2.75) is 49.1 Å². The van der Waals surface area contributed by atoms with Crippen LogP contribution in [0.4, 0.5) is 0 Å². The van der Waals surface area contributed by atoms with Gasteiger partial charge in [-0.25, -0.2) is 4.79 Å². The van der Waals surface area contributed by atoms with E-state index < -0.39 is 149 Å². The van der Waals surface area contributed by atoms with Gasteiger partial charge in [0.05, 0.1) is 46.1 Å². The average molecular weight is 697 g/mol. The third-order valence-electron chi connectivity index (χ3n) is 5.94. The molecule has 0 saturated heterocycles. The molecule has 0 spiro atoms. The molecule has 0 rings (SSSR count). The number of aliphatic hydroxyl groups excluding tert-OH is 5. The zero-order valence-electron chi connectivity index (χ0n) is 25.2. The second-order valence-electron chi connectivity index (χ2n) is 9.65. The van der Waals surface area contributed by atoms with Crippen LogP contribution in [0.25, 0.3) is 0 Å². The van der Waals surface area contributed by atoms with Gasteiger partial charge in [0.1, 0.15) is 36.3 Å². The number of carbonyl (C=O) groups is 9. The first-order valence-electron chi connectivity index (χ1n) is 13.8. The molecule has 16 N–H and O–H groups in total. The molecular weight excluding hydrogens is 656 g/mol. The Kier molecular flexibility index (Phi) is 20.2. The highest BCUT2D eigenvalue weighted by Gasteiger charge is 2.30. The second kappa shape index (κ2) is 22.5. The molecule has 272 valence electrons. The third kappa shape index (κ3) is 16.0. The van der Waals surface area contributed by atoms with Crippen molar-refractivity contribution in [2.75, 3.05) is 46.1 Å². The molecule has 0 bridgehead atoms. The lowest BCUT2D eigenvalue weighted by molar-refractivity contribution is -0.144. The van der Waals surface area contributed by atoms with Crippen molar-refractivity contribution in [2.24, 2.45) is 5.73 Å². The van der Waals surface area contributed by atoms with Gasteiger partial charge in [0.15, 0.2) is 0 Å². The molecule has 48 heavy (non-hydrogen) atoms. The lowest BCUT2D eigenvalue weighted by Gasteiger charge is -2.23. The maximum atomic E-state index is 12.6. The Labute approximate surface area is 270 Å². The van der Waals surface area contributed by atoms with Gasteiger partial charge in [-0.15, -0.1) is 0 Å². The molecule has 0 aromatic heterocycles. The summed E-state index contributed by atoms with van der Waals surface area (Å²) in [7, 11) is 0. The zero-order valence-corrected chi connectivity index (χ0v) is 25.2. The quantitative estimate of drug-likeness (QED) is 0.0471. The van der Waals surface area contributed by atoms with Crippen LogP contribution < -0.4 is 43.0 Å². The molecule has 0 fully saturated rings. The van der Waals surface area contributed by atoms with E-state index in [9.17, 15) is 58.5 Å². The largest absolute Gasteiger partial charge is 0.481 e. The first-order valence-corrected chi connectivity index (χ1v) is 13.8. The molecule has 0 radical (unpaired) electrons. The van der Waals surface area contributed by atoms with E-state index in [4.69, 9.17) is 26.2 Å². The van der Waals surface area contributed by atoms with Crippen molar-refractivity contribution in [3.8, 4) is 0 Å². The molecule has 0 unspecified atom stereocenters. The highest BCUT2D eigenvalue weighted by atomic mass is 16.4. The van der Waals surface area contributed by atoms with Gasteiger partial charge >= 0.3 is 11.9 Å². The Balaban J connectivity index is 5.10. The zero-order chi connectivity index (χ0) is 37.0. The fourth-order valence-electron chi connectivity index (χ4n) is 3.28. The Morgan fingerprint density at radius 1 is 0.479 bits per heavy atom. The predicted octanol–water partition coefficient (Wildman–Crippen LogP) is -10.1. The lowest BCUT2D eigenvalue weighted by atomic mass is 10.1.